The third-order valence-corrected chi connectivity index (χ3v) is 8.30. The minimum atomic E-state index is -2.95. The molecule has 0 radical (unpaired) electrons. The van der Waals surface area contributed by atoms with E-state index >= 15 is 0 Å². The lowest BCUT2D eigenvalue weighted by Gasteiger charge is -2.18. The number of aryl methyl sites for hydroxylation is 1. The number of fused-ring (bicyclic) bond motifs is 1. The van der Waals surface area contributed by atoms with Crippen LogP contribution in [0.1, 0.15) is 35.1 Å². The number of hydrogen-bond donors (Lipinski definition) is 0. The fraction of sp³-hybridized carbons (Fsp3) is 0.360. The molecule has 3 aromatic heterocycles. The number of nitrogens with zero attached hydrogens (tertiary/aromatic N) is 5. The predicted octanol–water partition coefficient (Wildman–Crippen LogP) is 3.81. The molecule has 1 atom stereocenters. The van der Waals surface area contributed by atoms with Crippen LogP contribution in [0, 0.1) is 13.8 Å². The Morgan fingerprint density at radius 1 is 1.06 bits per heavy atom. The summed E-state index contributed by atoms with van der Waals surface area (Å²) in [5.74, 6) is 0.439. The summed E-state index contributed by atoms with van der Waals surface area (Å²) in [5.41, 5.74) is 7.36. The fourth-order valence-electron chi connectivity index (χ4n) is 4.86. The van der Waals surface area contributed by atoms with Crippen LogP contribution >= 0.6 is 0 Å². The van der Waals surface area contributed by atoms with Gasteiger partial charge in [-0.1, -0.05) is 36.4 Å². The summed E-state index contributed by atoms with van der Waals surface area (Å²) in [6.45, 7) is 5.51. The van der Waals surface area contributed by atoms with Crippen LogP contribution in [-0.4, -0.2) is 51.0 Å². The highest BCUT2D eigenvalue weighted by atomic mass is 32.2. The van der Waals surface area contributed by atoms with Crippen molar-refractivity contribution in [3.05, 3.63) is 77.4 Å². The highest BCUT2D eigenvalue weighted by Crippen LogP contribution is 2.29. The zero-order valence-corrected chi connectivity index (χ0v) is 20.1. The van der Waals surface area contributed by atoms with Gasteiger partial charge in [0.1, 0.15) is 5.65 Å². The van der Waals surface area contributed by atoms with Gasteiger partial charge >= 0.3 is 0 Å². The van der Waals surface area contributed by atoms with E-state index < -0.39 is 9.84 Å². The Morgan fingerprint density at radius 2 is 1.82 bits per heavy atom. The molecule has 1 aliphatic heterocycles. The molecule has 0 amide bonds. The minimum Gasteiger partial charge on any atom is -0.302 e. The Balaban J connectivity index is 1.43. The summed E-state index contributed by atoms with van der Waals surface area (Å²) < 4.78 is 28.0. The maximum absolute atomic E-state index is 12.0. The Hall–Kier alpha value is -2.97. The molecule has 0 saturated carbocycles. The average molecular weight is 464 g/mol. The van der Waals surface area contributed by atoms with Gasteiger partial charge in [0.25, 0.3) is 0 Å². The molecule has 172 valence electrons. The van der Waals surface area contributed by atoms with E-state index in [2.05, 4.69) is 41.6 Å². The summed E-state index contributed by atoms with van der Waals surface area (Å²) in [7, 11) is -0.850. The quantitative estimate of drug-likeness (QED) is 0.435. The lowest BCUT2D eigenvalue weighted by atomic mass is 10.1. The van der Waals surface area contributed by atoms with Gasteiger partial charge in [0.2, 0.25) is 0 Å². The summed E-state index contributed by atoms with van der Waals surface area (Å²) in [4.78, 5) is 7.18. The number of benzene rings is 1. The van der Waals surface area contributed by atoms with E-state index in [1.165, 1.54) is 0 Å². The maximum Gasteiger partial charge on any atom is 0.152 e. The van der Waals surface area contributed by atoms with E-state index in [-0.39, 0.29) is 17.5 Å². The second-order valence-electron chi connectivity index (χ2n) is 9.03. The first-order valence-electron chi connectivity index (χ1n) is 11.3. The molecule has 0 unspecified atom stereocenters. The molecule has 5 rings (SSSR count). The summed E-state index contributed by atoms with van der Waals surface area (Å²) in [5, 5.41) is 4.73. The first-order chi connectivity index (χ1) is 15.8. The van der Waals surface area contributed by atoms with Crippen LogP contribution in [0.4, 0.5) is 0 Å². The molecule has 4 aromatic rings. The molecule has 1 aliphatic rings. The van der Waals surface area contributed by atoms with E-state index in [9.17, 15) is 8.42 Å². The van der Waals surface area contributed by atoms with Crippen molar-refractivity contribution in [3.8, 4) is 11.3 Å². The summed E-state index contributed by atoms with van der Waals surface area (Å²) in [6.07, 6.45) is 2.70. The molecule has 1 aromatic carbocycles. The first kappa shape index (κ1) is 21.9. The molecule has 7 nitrogen and oxygen atoms in total. The zero-order chi connectivity index (χ0) is 23.2. The number of hydrogen-bond acceptors (Lipinski definition) is 5. The van der Waals surface area contributed by atoms with Crippen LogP contribution in [0.25, 0.3) is 16.9 Å². The van der Waals surface area contributed by atoms with Gasteiger partial charge in [0.05, 0.1) is 34.6 Å². The zero-order valence-electron chi connectivity index (χ0n) is 19.3. The maximum atomic E-state index is 12.0. The molecule has 0 spiro atoms. The second kappa shape index (κ2) is 8.43. The third kappa shape index (κ3) is 4.20. The van der Waals surface area contributed by atoms with Crippen molar-refractivity contribution >= 4 is 15.5 Å². The normalized spacial score (nSPS) is 17.9. The van der Waals surface area contributed by atoms with Crippen LogP contribution in [-0.2, 0) is 22.9 Å². The summed E-state index contributed by atoms with van der Waals surface area (Å²) >= 11 is 0. The monoisotopic (exact) mass is 463 g/mol. The van der Waals surface area contributed by atoms with Gasteiger partial charge in [-0.15, -0.1) is 0 Å². The summed E-state index contributed by atoms with van der Waals surface area (Å²) in [6, 6.07) is 16.3. The number of sulfone groups is 1. The van der Waals surface area contributed by atoms with Crippen molar-refractivity contribution in [3.63, 3.8) is 0 Å². The Morgan fingerprint density at radius 3 is 2.55 bits per heavy atom. The van der Waals surface area contributed by atoms with Crippen molar-refractivity contribution < 1.29 is 8.42 Å². The molecule has 4 heterocycles. The van der Waals surface area contributed by atoms with Gasteiger partial charge in [0, 0.05) is 36.1 Å². The van der Waals surface area contributed by atoms with E-state index in [0.717, 1.165) is 52.6 Å². The Bertz CT molecular complexity index is 1410. The molecule has 8 heteroatoms. The van der Waals surface area contributed by atoms with E-state index in [1.54, 1.807) is 0 Å². The van der Waals surface area contributed by atoms with E-state index in [4.69, 9.17) is 10.1 Å². The average Bonchev–Trinajstić information content (AvgIpc) is 3.43. The minimum absolute atomic E-state index is 0.0591. The van der Waals surface area contributed by atoms with Crippen molar-refractivity contribution in [1.29, 1.82) is 0 Å². The third-order valence-electron chi connectivity index (χ3n) is 6.55. The number of rotatable bonds is 6. The van der Waals surface area contributed by atoms with Crippen LogP contribution < -0.4 is 0 Å². The molecular formula is C25H29N5O2S. The van der Waals surface area contributed by atoms with Crippen molar-refractivity contribution in [2.75, 3.05) is 18.6 Å². The molecule has 0 bridgehead atoms. The molecule has 0 aliphatic carbocycles. The molecule has 0 N–H and O–H groups in total. The Labute approximate surface area is 194 Å². The second-order valence-corrected chi connectivity index (χ2v) is 11.3. The van der Waals surface area contributed by atoms with Gasteiger partial charge in [-0.3, -0.25) is 9.58 Å². The van der Waals surface area contributed by atoms with Gasteiger partial charge in [-0.2, -0.15) is 5.10 Å². The fourth-order valence-corrected chi connectivity index (χ4v) is 6.55. The van der Waals surface area contributed by atoms with Crippen LogP contribution in [0.15, 0.2) is 54.7 Å². The smallest absolute Gasteiger partial charge is 0.152 e. The molecule has 1 fully saturated rings. The lowest BCUT2D eigenvalue weighted by molar-refractivity contribution is 0.313. The SMILES string of the molecule is Cc1nn([C@@H]2CCS(=O)(=O)C2)c(C)c1CN(C)Cc1c(-c2ccccc2)nc2ccccn12. The first-order valence-corrected chi connectivity index (χ1v) is 13.1. The van der Waals surface area contributed by atoms with Gasteiger partial charge in [-0.25, -0.2) is 13.4 Å². The van der Waals surface area contributed by atoms with Gasteiger partial charge in [-0.05, 0) is 39.4 Å². The van der Waals surface area contributed by atoms with Crippen LogP contribution in [0.3, 0.4) is 0 Å². The molecule has 33 heavy (non-hydrogen) atoms. The van der Waals surface area contributed by atoms with Gasteiger partial charge in [0.15, 0.2) is 9.84 Å². The molecular weight excluding hydrogens is 434 g/mol. The highest BCUT2D eigenvalue weighted by molar-refractivity contribution is 7.91. The van der Waals surface area contributed by atoms with Crippen LogP contribution in [0.5, 0.6) is 0 Å². The largest absolute Gasteiger partial charge is 0.302 e. The van der Waals surface area contributed by atoms with Crippen molar-refractivity contribution in [2.24, 2.45) is 0 Å². The Kier molecular flexibility index (Phi) is 5.58. The van der Waals surface area contributed by atoms with Crippen molar-refractivity contribution in [2.45, 2.75) is 39.4 Å². The standard InChI is InChI=1S/C25H29N5O2S/c1-18-22(19(2)30(27-18)21-12-14-33(31,32)17-21)15-28(3)16-23-25(20-9-5-4-6-10-20)26-24-11-7-8-13-29(23)24/h4-11,13,21H,12,14-17H2,1-3H3/t21-/m1/s1. The number of imidazole rings is 1. The topological polar surface area (TPSA) is 72.5 Å². The van der Waals surface area contributed by atoms with Gasteiger partial charge < -0.3 is 4.40 Å². The predicted molar refractivity (Wildman–Crippen MR) is 130 cm³/mol. The molecule has 1 saturated heterocycles. The van der Waals surface area contributed by atoms with Crippen molar-refractivity contribution in [1.82, 2.24) is 24.1 Å². The lowest BCUT2D eigenvalue weighted by Crippen LogP contribution is -2.20. The highest BCUT2D eigenvalue weighted by Gasteiger charge is 2.31. The van der Waals surface area contributed by atoms with Crippen LogP contribution in [0.2, 0.25) is 0 Å². The van der Waals surface area contributed by atoms with E-state index in [0.29, 0.717) is 6.42 Å². The van der Waals surface area contributed by atoms with E-state index in [1.807, 2.05) is 48.0 Å². The number of pyridine rings is 1. The number of aromatic nitrogens is 4.